The molecule has 19 nitrogen and oxygen atoms in total. The van der Waals surface area contributed by atoms with Crippen molar-refractivity contribution in [1.29, 1.82) is 0 Å². The first-order chi connectivity index (χ1) is 45.7. The van der Waals surface area contributed by atoms with Gasteiger partial charge in [0.1, 0.15) is 11.3 Å². The molecule has 0 amide bonds. The van der Waals surface area contributed by atoms with Gasteiger partial charge in [-0.15, -0.1) is 60.2 Å². The first-order valence-electron chi connectivity index (χ1n) is 33.1. The van der Waals surface area contributed by atoms with Crippen LogP contribution in [0.5, 0.6) is 0 Å². The van der Waals surface area contributed by atoms with E-state index in [0.717, 1.165) is 98.0 Å². The molecule has 25 heteroatoms. The van der Waals surface area contributed by atoms with Gasteiger partial charge in [0.2, 0.25) is 0 Å². The predicted molar refractivity (Wildman–Crippen MR) is 387 cm³/mol. The largest absolute Gasteiger partial charge is 0.443 e. The summed E-state index contributed by atoms with van der Waals surface area (Å²) in [6.07, 6.45) is 25.7. The Balaban J connectivity index is 0.000000423. The molecule has 1 saturated carbocycles. The SMILES string of the molecule is CC(C)(C)Cc1cc(=O)n2[c-]cccc2n1.CC(C)(C)c1c[c-]n2c(=O)cc(C(C)(C)C)nc2c1.CC(C)(C)c1c[c-]n2c(=O)cc(C3(C)CCCCC3)nc2n1.Cc1c[c-]n2c(=O)c(C)cc(C)c2n1.Cc1cc(C)c2c(C)nc[c-]n2c1=O.Cc1nc(C)c2ccc[c-]n2c1=O.[Ir].[Ir].[Ir].[Ir].[Ir].[Ir]. The molecule has 0 N–H and O–H groups in total. The van der Waals surface area contributed by atoms with E-state index in [1.54, 1.807) is 56.3 Å². The molecule has 12 heterocycles. The summed E-state index contributed by atoms with van der Waals surface area (Å²) >= 11 is 0. The quantitative estimate of drug-likeness (QED) is 0.147. The molecule has 0 atom stereocenters. The Bertz CT molecular complexity index is 5340. The van der Waals surface area contributed by atoms with Crippen molar-refractivity contribution in [2.75, 3.05) is 0 Å². The topological polar surface area (TPSA) is 219 Å². The van der Waals surface area contributed by atoms with E-state index in [0.29, 0.717) is 28.4 Å². The Labute approximate surface area is 690 Å². The summed E-state index contributed by atoms with van der Waals surface area (Å²) in [6.45, 7) is 42.4. The summed E-state index contributed by atoms with van der Waals surface area (Å²) in [5.74, 6) is 0.474. The Morgan fingerprint density at radius 1 is 0.442 bits per heavy atom. The van der Waals surface area contributed by atoms with E-state index in [9.17, 15) is 28.8 Å². The van der Waals surface area contributed by atoms with E-state index in [4.69, 9.17) is 4.98 Å². The summed E-state index contributed by atoms with van der Waals surface area (Å²) in [5.41, 5.74) is 14.5. The van der Waals surface area contributed by atoms with Gasteiger partial charge >= 0.3 is 0 Å². The molecule has 568 valence electrons. The molecule has 0 saturated heterocycles. The number of fused-ring (bicyclic) bond motifs is 6. The molecule has 0 aliphatic heterocycles. The van der Waals surface area contributed by atoms with Crippen LogP contribution in [0.15, 0.2) is 126 Å². The molecule has 12 aromatic rings. The summed E-state index contributed by atoms with van der Waals surface area (Å²) in [5, 5.41) is 0. The summed E-state index contributed by atoms with van der Waals surface area (Å²) in [6, 6.07) is 26.8. The summed E-state index contributed by atoms with van der Waals surface area (Å²) < 4.78 is 8.84. The van der Waals surface area contributed by atoms with Crippen molar-refractivity contribution >= 4 is 33.8 Å². The zero-order valence-electron chi connectivity index (χ0n) is 62.7. The normalized spacial score (nSPS) is 12.4. The standard InChI is InChI=1S/C18H24N3O.C16H21N2O.C13H15N2O.2C11H11N2O.C10H9N2O.6Ir/c1-17(2,3)13-8-11-21-15(22)12-14(20-16(21)19-13)18(4)9-6-5-7-10-18;1-15(2,3)11-7-8-18-13(9-11)17-12(10-14(18)19)16(4,5)6;1-13(2,3)9-10-8-12(16)15-7-5-4-6-11(15)14-10;1-7-6-8(2)11(14)13-5-4-12-9(3)10(7)13;1-7-6-8(2)11(14)13-5-4-9(3)12-10(7)13;1-7-9-5-3-4-6-12(9)10(13)8(2)11-7;;;;;;/h8,12H,5-7,9-10H2,1-4H3;7,9-10H,1-6H3;4-6,8H,9H2,1-3H3;2*4,6H,1-3H3;3-5H,1-2H3;;;;;;/q6*-1;;;;;;. The fraction of sp³-hybridized carbons (Fsp3) is 0.405. The van der Waals surface area contributed by atoms with E-state index in [-0.39, 0.29) is 181 Å². The fourth-order valence-corrected chi connectivity index (χ4v) is 11.4. The van der Waals surface area contributed by atoms with Crippen molar-refractivity contribution in [1.82, 2.24) is 61.3 Å². The van der Waals surface area contributed by atoms with E-state index in [2.05, 4.69) is 157 Å². The number of pyridine rings is 5. The maximum atomic E-state index is 12.4. The van der Waals surface area contributed by atoms with E-state index in [1.165, 1.54) is 51.9 Å². The zero-order chi connectivity index (χ0) is 72.1. The van der Waals surface area contributed by atoms with Crippen LogP contribution in [0.4, 0.5) is 0 Å². The van der Waals surface area contributed by atoms with Gasteiger partial charge in [0.15, 0.2) is 27.8 Å². The van der Waals surface area contributed by atoms with Gasteiger partial charge in [0, 0.05) is 177 Å². The molecule has 6 radical (unpaired) electrons. The molecule has 1 aliphatic carbocycles. The molecule has 0 spiro atoms. The maximum Gasteiger partial charge on any atom is 0.191 e. The smallest absolute Gasteiger partial charge is 0.191 e. The van der Waals surface area contributed by atoms with E-state index >= 15 is 0 Å². The number of nitrogens with zero attached hydrogens (tertiary/aromatic N) is 13. The van der Waals surface area contributed by atoms with Crippen LogP contribution in [0.2, 0.25) is 0 Å². The molecular weight excluding hydrogens is 2380 g/mol. The minimum Gasteiger partial charge on any atom is -0.443 e. The average molecular weight is 2470 g/mol. The van der Waals surface area contributed by atoms with Gasteiger partial charge in [0.25, 0.3) is 0 Å². The minimum atomic E-state index is -0.133. The molecule has 0 unspecified atom stereocenters. The second-order valence-corrected chi connectivity index (χ2v) is 29.9. The first kappa shape index (κ1) is 94.1. The van der Waals surface area contributed by atoms with Crippen LogP contribution in [0.1, 0.15) is 195 Å². The Morgan fingerprint density at radius 2 is 0.990 bits per heavy atom. The van der Waals surface area contributed by atoms with Crippen LogP contribution < -0.4 is 33.4 Å². The van der Waals surface area contributed by atoms with Crippen LogP contribution >= 0.6 is 0 Å². The molecule has 104 heavy (non-hydrogen) atoms. The van der Waals surface area contributed by atoms with Crippen molar-refractivity contribution in [2.45, 2.75) is 206 Å². The van der Waals surface area contributed by atoms with Gasteiger partial charge in [0.05, 0.1) is 5.69 Å². The summed E-state index contributed by atoms with van der Waals surface area (Å²) in [4.78, 5) is 102. The number of hydrogen-bond donors (Lipinski definition) is 0. The van der Waals surface area contributed by atoms with E-state index < -0.39 is 0 Å². The summed E-state index contributed by atoms with van der Waals surface area (Å²) in [7, 11) is 0. The van der Waals surface area contributed by atoms with Crippen molar-refractivity contribution in [3.05, 3.63) is 270 Å². The minimum absolute atomic E-state index is 0. The van der Waals surface area contributed by atoms with Gasteiger partial charge in [-0.2, -0.15) is 0 Å². The number of aromatic nitrogens is 13. The van der Waals surface area contributed by atoms with Gasteiger partial charge in [-0.1, -0.05) is 183 Å². The van der Waals surface area contributed by atoms with Crippen molar-refractivity contribution < 1.29 is 121 Å². The third-order valence-electron chi connectivity index (χ3n) is 16.9. The molecule has 0 bridgehead atoms. The Hall–Kier alpha value is -6.01. The van der Waals surface area contributed by atoms with Gasteiger partial charge in [-0.3, -0.25) is 24.9 Å². The third kappa shape index (κ3) is 23.5. The van der Waals surface area contributed by atoms with Crippen LogP contribution in [-0.4, -0.2) is 61.3 Å². The van der Waals surface area contributed by atoms with Crippen molar-refractivity contribution in [3.63, 3.8) is 0 Å². The van der Waals surface area contributed by atoms with Crippen LogP contribution in [0.25, 0.3) is 33.8 Å². The number of aryl methyl sites for hydroxylation is 8. The predicted octanol–water partition coefficient (Wildman–Crippen LogP) is 12.5. The Morgan fingerprint density at radius 3 is 1.60 bits per heavy atom. The second kappa shape index (κ2) is 38.7. The van der Waals surface area contributed by atoms with Gasteiger partial charge in [-0.25, -0.2) is 0 Å². The Kier molecular flexibility index (Phi) is 35.0. The fourth-order valence-electron chi connectivity index (χ4n) is 11.4. The van der Waals surface area contributed by atoms with E-state index in [1.807, 2.05) is 90.1 Å². The van der Waals surface area contributed by atoms with Crippen LogP contribution in [0.3, 0.4) is 0 Å². The monoisotopic (exact) mass is 2480 g/mol. The van der Waals surface area contributed by atoms with Crippen LogP contribution in [-0.2, 0) is 149 Å². The zero-order valence-corrected chi connectivity index (χ0v) is 77.1. The van der Waals surface area contributed by atoms with Crippen molar-refractivity contribution in [3.8, 4) is 0 Å². The first-order valence-corrected chi connectivity index (χ1v) is 33.1. The molecule has 12 aromatic heterocycles. The molecular formula is C79H91Ir6N13O6-6. The van der Waals surface area contributed by atoms with Gasteiger partial charge < -0.3 is 65.1 Å². The number of hydrogen-bond acceptors (Lipinski definition) is 13. The third-order valence-corrected chi connectivity index (χ3v) is 16.9. The number of rotatable bonds is 2. The van der Waals surface area contributed by atoms with Crippen molar-refractivity contribution in [2.24, 2.45) is 5.41 Å². The maximum absolute atomic E-state index is 12.4. The van der Waals surface area contributed by atoms with Gasteiger partial charge in [-0.05, 0) is 142 Å². The molecule has 1 fully saturated rings. The van der Waals surface area contributed by atoms with Crippen LogP contribution in [0, 0.1) is 98.0 Å². The molecule has 13 rings (SSSR count). The molecule has 1 aliphatic rings. The average Bonchev–Trinajstić information content (AvgIpc) is 0.774. The second-order valence-electron chi connectivity index (χ2n) is 29.9. The molecule has 0 aromatic carbocycles.